The van der Waals surface area contributed by atoms with Crippen LogP contribution in [0.4, 0.5) is 4.79 Å². The van der Waals surface area contributed by atoms with Gasteiger partial charge in [0.05, 0.1) is 5.25 Å². The van der Waals surface area contributed by atoms with Gasteiger partial charge in [-0.05, 0) is 48.6 Å². The van der Waals surface area contributed by atoms with Crippen LogP contribution in [0.5, 0.6) is 0 Å². The van der Waals surface area contributed by atoms with Crippen LogP contribution in [0, 0.1) is 0 Å². The molecule has 0 fully saturated rings. The van der Waals surface area contributed by atoms with Crippen molar-refractivity contribution in [3.8, 4) is 11.1 Å². The second-order valence-electron chi connectivity index (χ2n) is 10.5. The molecular formula is C31H34N2O5S. The number of carbonyl (C=O) groups is 3. The Bertz CT molecular complexity index is 1280. The van der Waals surface area contributed by atoms with Gasteiger partial charge in [-0.2, -0.15) is 12.6 Å². The van der Waals surface area contributed by atoms with Gasteiger partial charge in [-0.3, -0.25) is 4.79 Å². The van der Waals surface area contributed by atoms with Gasteiger partial charge >= 0.3 is 12.1 Å². The molecule has 3 aromatic rings. The fourth-order valence-electron chi connectivity index (χ4n) is 4.61. The topological polar surface area (TPSA) is 93.7 Å². The zero-order valence-electron chi connectivity index (χ0n) is 22.3. The van der Waals surface area contributed by atoms with Gasteiger partial charge in [0.25, 0.3) is 0 Å². The third-order valence-corrected chi connectivity index (χ3v) is 6.79. The quantitative estimate of drug-likeness (QED) is 0.262. The van der Waals surface area contributed by atoms with Gasteiger partial charge in [-0.15, -0.1) is 0 Å². The predicted octanol–water partition coefficient (Wildman–Crippen LogP) is 4.89. The van der Waals surface area contributed by atoms with Crippen LogP contribution < -0.4 is 10.6 Å². The summed E-state index contributed by atoms with van der Waals surface area (Å²) in [6.45, 7) is 5.41. The van der Waals surface area contributed by atoms with E-state index < -0.39 is 34.9 Å². The summed E-state index contributed by atoms with van der Waals surface area (Å²) < 4.78 is 11.0. The van der Waals surface area contributed by atoms with Gasteiger partial charge in [0.2, 0.25) is 5.91 Å². The number of nitrogens with one attached hydrogen (secondary N) is 2. The predicted molar refractivity (Wildman–Crippen MR) is 154 cm³/mol. The summed E-state index contributed by atoms with van der Waals surface area (Å²) >= 11 is 4.35. The molecule has 0 heterocycles. The van der Waals surface area contributed by atoms with Crippen LogP contribution in [0.3, 0.4) is 0 Å². The number of alkyl carbamates (subject to hydrolysis) is 1. The highest BCUT2D eigenvalue weighted by Gasteiger charge is 2.30. The summed E-state index contributed by atoms with van der Waals surface area (Å²) in [5.74, 6) is -1.10. The molecule has 2 atom stereocenters. The van der Waals surface area contributed by atoms with E-state index in [4.69, 9.17) is 9.47 Å². The van der Waals surface area contributed by atoms with Gasteiger partial charge in [0.1, 0.15) is 18.2 Å². The van der Waals surface area contributed by atoms with E-state index in [2.05, 4.69) is 35.4 Å². The number of thiol groups is 1. The molecule has 39 heavy (non-hydrogen) atoms. The Morgan fingerprint density at radius 3 is 2.03 bits per heavy atom. The molecule has 0 saturated carbocycles. The van der Waals surface area contributed by atoms with Gasteiger partial charge in [0.15, 0.2) is 0 Å². The molecule has 7 nitrogen and oxygen atoms in total. The Morgan fingerprint density at radius 1 is 0.872 bits per heavy atom. The number of esters is 1. The van der Waals surface area contributed by atoms with Gasteiger partial charge < -0.3 is 20.1 Å². The van der Waals surface area contributed by atoms with Crippen molar-refractivity contribution in [3.63, 3.8) is 0 Å². The van der Waals surface area contributed by atoms with Crippen LogP contribution in [-0.2, 0) is 25.5 Å². The average molecular weight is 547 g/mol. The van der Waals surface area contributed by atoms with Crippen molar-refractivity contribution in [2.75, 3.05) is 13.2 Å². The molecule has 0 aromatic heterocycles. The molecule has 0 saturated heterocycles. The van der Waals surface area contributed by atoms with Crippen molar-refractivity contribution in [2.45, 2.75) is 50.0 Å². The Balaban J connectivity index is 1.31. The van der Waals surface area contributed by atoms with Crippen LogP contribution in [0.2, 0.25) is 0 Å². The summed E-state index contributed by atoms with van der Waals surface area (Å²) in [6, 6.07) is 24.6. The molecule has 0 spiro atoms. The lowest BCUT2D eigenvalue weighted by Crippen LogP contribution is -2.49. The fourth-order valence-corrected chi connectivity index (χ4v) is 4.77. The lowest BCUT2D eigenvalue weighted by Gasteiger charge is -2.25. The molecule has 204 valence electrons. The van der Waals surface area contributed by atoms with Crippen molar-refractivity contribution < 1.29 is 23.9 Å². The third-order valence-electron chi connectivity index (χ3n) is 6.38. The molecule has 2 amide bonds. The van der Waals surface area contributed by atoms with E-state index in [-0.39, 0.29) is 25.5 Å². The normalized spacial score (nSPS) is 13.9. The number of hydrogen-bond acceptors (Lipinski definition) is 6. The first kappa shape index (κ1) is 28.2. The fraction of sp³-hybridized carbons (Fsp3) is 0.323. The maximum Gasteiger partial charge on any atom is 0.407 e. The van der Waals surface area contributed by atoms with E-state index in [0.717, 1.165) is 27.8 Å². The van der Waals surface area contributed by atoms with Crippen LogP contribution in [-0.4, -0.2) is 48.0 Å². The van der Waals surface area contributed by atoms with Crippen LogP contribution >= 0.6 is 12.6 Å². The Morgan fingerprint density at radius 2 is 1.44 bits per heavy atom. The molecule has 2 N–H and O–H groups in total. The number of carbonyl (C=O) groups excluding carboxylic acids is 3. The number of hydrogen-bond donors (Lipinski definition) is 3. The molecule has 1 aliphatic carbocycles. The Labute approximate surface area is 234 Å². The standard InChI is InChI=1S/C31H34N2O5S/c1-31(2,3)38-29(35)26(17-20-11-5-4-6-12-20)33-28(34)27(39)18-32-30(36)37-19-25-23-15-9-7-13-21(23)22-14-8-10-16-24(22)25/h4-16,25-27,39H,17-19H2,1-3H3,(H,32,36)(H,33,34)/t26-,27?/m0/s1. The van der Waals surface area contributed by atoms with Crippen LogP contribution in [0.1, 0.15) is 43.4 Å². The minimum atomic E-state index is -0.900. The van der Waals surface area contributed by atoms with E-state index in [1.165, 1.54) is 0 Å². The highest BCUT2D eigenvalue weighted by Crippen LogP contribution is 2.44. The number of fused-ring (bicyclic) bond motifs is 3. The number of rotatable bonds is 9. The van der Waals surface area contributed by atoms with Crippen molar-refractivity contribution in [2.24, 2.45) is 0 Å². The second-order valence-corrected chi connectivity index (χ2v) is 11.1. The highest BCUT2D eigenvalue weighted by atomic mass is 32.1. The Hall–Kier alpha value is -3.78. The lowest BCUT2D eigenvalue weighted by atomic mass is 9.98. The summed E-state index contributed by atoms with van der Waals surface area (Å²) in [5.41, 5.74) is 4.69. The zero-order valence-corrected chi connectivity index (χ0v) is 23.2. The smallest absolute Gasteiger partial charge is 0.407 e. The van der Waals surface area contributed by atoms with Gasteiger partial charge in [0, 0.05) is 18.9 Å². The summed E-state index contributed by atoms with van der Waals surface area (Å²) in [7, 11) is 0. The minimum Gasteiger partial charge on any atom is -0.458 e. The second kappa shape index (κ2) is 12.4. The van der Waals surface area contributed by atoms with Crippen molar-refractivity contribution in [3.05, 3.63) is 95.6 Å². The van der Waals surface area contributed by atoms with E-state index in [0.29, 0.717) is 0 Å². The number of ether oxygens (including phenoxy) is 2. The first-order chi connectivity index (χ1) is 18.6. The Kier molecular flexibility index (Phi) is 8.97. The van der Waals surface area contributed by atoms with E-state index in [1.807, 2.05) is 66.7 Å². The molecular weight excluding hydrogens is 512 g/mol. The minimum absolute atomic E-state index is 0.0641. The van der Waals surface area contributed by atoms with Gasteiger partial charge in [-0.25, -0.2) is 9.59 Å². The first-order valence-corrected chi connectivity index (χ1v) is 13.5. The average Bonchev–Trinajstić information content (AvgIpc) is 3.23. The highest BCUT2D eigenvalue weighted by molar-refractivity contribution is 7.81. The van der Waals surface area contributed by atoms with Crippen molar-refractivity contribution in [1.82, 2.24) is 10.6 Å². The zero-order chi connectivity index (χ0) is 28.0. The van der Waals surface area contributed by atoms with E-state index >= 15 is 0 Å². The summed E-state index contributed by atoms with van der Waals surface area (Å²) in [6.07, 6.45) is -0.376. The van der Waals surface area contributed by atoms with Crippen molar-refractivity contribution >= 4 is 30.6 Å². The van der Waals surface area contributed by atoms with E-state index in [9.17, 15) is 14.4 Å². The molecule has 0 radical (unpaired) electrons. The molecule has 0 aliphatic heterocycles. The number of benzene rings is 3. The maximum absolute atomic E-state index is 12.9. The molecule has 4 rings (SSSR count). The molecule has 0 bridgehead atoms. The van der Waals surface area contributed by atoms with Crippen LogP contribution in [0.15, 0.2) is 78.9 Å². The summed E-state index contributed by atoms with van der Waals surface area (Å²) in [4.78, 5) is 38.2. The maximum atomic E-state index is 12.9. The SMILES string of the molecule is CC(C)(C)OC(=O)[C@H](Cc1ccccc1)NC(=O)C(S)CNC(=O)OCC1c2ccccc2-c2ccccc21. The summed E-state index contributed by atoms with van der Waals surface area (Å²) in [5, 5.41) is 4.44. The number of amides is 2. The first-order valence-electron chi connectivity index (χ1n) is 13.0. The molecule has 1 unspecified atom stereocenters. The lowest BCUT2D eigenvalue weighted by molar-refractivity contribution is -0.158. The molecule has 3 aromatic carbocycles. The van der Waals surface area contributed by atoms with Crippen LogP contribution in [0.25, 0.3) is 11.1 Å². The largest absolute Gasteiger partial charge is 0.458 e. The monoisotopic (exact) mass is 546 g/mol. The van der Waals surface area contributed by atoms with Crippen molar-refractivity contribution in [1.29, 1.82) is 0 Å². The van der Waals surface area contributed by atoms with E-state index in [1.54, 1.807) is 20.8 Å². The van der Waals surface area contributed by atoms with Gasteiger partial charge in [-0.1, -0.05) is 78.9 Å². The molecule has 8 heteroatoms. The third kappa shape index (κ3) is 7.41. The molecule has 1 aliphatic rings.